The minimum Gasteiger partial charge on any atom is -0.295 e. The van der Waals surface area contributed by atoms with Gasteiger partial charge in [0.2, 0.25) is 0 Å². The van der Waals surface area contributed by atoms with Crippen molar-refractivity contribution in [1.82, 2.24) is 0 Å². The molecule has 0 bridgehead atoms. The Morgan fingerprint density at radius 1 is 1.50 bits per heavy atom. The Balaban J connectivity index is 2.90. The number of Topliss-reactive ketones (excluding diaryl/α,β-unsaturated/α-hetero) is 1. The number of carbonyl (C=O) groups is 2. The van der Waals surface area contributed by atoms with E-state index in [1.165, 1.54) is 6.08 Å². The molecule has 1 rings (SSSR count). The average molecular weight is 138 g/mol. The third-order valence-corrected chi connectivity index (χ3v) is 1.78. The lowest BCUT2D eigenvalue weighted by Gasteiger charge is -2.12. The van der Waals surface area contributed by atoms with Crippen LogP contribution < -0.4 is 0 Å². The maximum Gasteiger partial charge on any atom is 0.159 e. The molecule has 1 unspecified atom stereocenters. The van der Waals surface area contributed by atoms with Crippen LogP contribution >= 0.6 is 0 Å². The molecule has 0 fully saturated rings. The van der Waals surface area contributed by atoms with Gasteiger partial charge in [-0.05, 0) is 18.6 Å². The van der Waals surface area contributed by atoms with Crippen molar-refractivity contribution in [2.24, 2.45) is 5.92 Å². The van der Waals surface area contributed by atoms with E-state index in [4.69, 9.17) is 0 Å². The highest BCUT2D eigenvalue weighted by molar-refractivity contribution is 6.08. The molecule has 1 aliphatic rings. The van der Waals surface area contributed by atoms with Crippen LogP contribution in [0.2, 0.25) is 0 Å². The van der Waals surface area contributed by atoms with Gasteiger partial charge in [0.1, 0.15) is 0 Å². The van der Waals surface area contributed by atoms with Crippen LogP contribution in [0.5, 0.6) is 0 Å². The molecule has 2 nitrogen and oxygen atoms in total. The largest absolute Gasteiger partial charge is 0.295 e. The summed E-state index contributed by atoms with van der Waals surface area (Å²) >= 11 is 0. The third-order valence-electron chi connectivity index (χ3n) is 1.78. The molecule has 0 spiro atoms. The summed E-state index contributed by atoms with van der Waals surface area (Å²) in [6.45, 7) is 3.47. The van der Waals surface area contributed by atoms with E-state index >= 15 is 0 Å². The van der Waals surface area contributed by atoms with Crippen molar-refractivity contribution in [3.8, 4) is 0 Å². The van der Waals surface area contributed by atoms with Crippen LogP contribution in [0, 0.1) is 5.92 Å². The Bertz CT molecular complexity index is 213. The number of rotatable bonds is 0. The van der Waals surface area contributed by atoms with Crippen molar-refractivity contribution in [1.29, 1.82) is 0 Å². The predicted molar refractivity (Wildman–Crippen MR) is 37.6 cm³/mol. The van der Waals surface area contributed by atoms with E-state index in [-0.39, 0.29) is 17.5 Å². The number of hydrogen-bond acceptors (Lipinski definition) is 2. The smallest absolute Gasteiger partial charge is 0.159 e. The Morgan fingerprint density at radius 3 is 2.60 bits per heavy atom. The van der Waals surface area contributed by atoms with Crippen LogP contribution in [0.15, 0.2) is 11.6 Å². The summed E-state index contributed by atoms with van der Waals surface area (Å²) < 4.78 is 0. The first-order chi connectivity index (χ1) is 4.61. The van der Waals surface area contributed by atoms with Crippen LogP contribution in [-0.4, -0.2) is 11.6 Å². The topological polar surface area (TPSA) is 34.1 Å². The summed E-state index contributed by atoms with van der Waals surface area (Å²) in [7, 11) is 0. The molecule has 1 aliphatic carbocycles. The molecular formula is C8H10O2. The molecule has 1 atom stereocenters. The Labute approximate surface area is 59.9 Å². The molecule has 54 valence electrons. The van der Waals surface area contributed by atoms with Crippen LogP contribution in [0.1, 0.15) is 20.3 Å². The van der Waals surface area contributed by atoms with Crippen LogP contribution in [0.3, 0.4) is 0 Å². The van der Waals surface area contributed by atoms with Gasteiger partial charge in [-0.2, -0.15) is 0 Å². The maximum atomic E-state index is 10.9. The summed E-state index contributed by atoms with van der Waals surface area (Å²) in [5.41, 5.74) is 0.600. The molecule has 0 aromatic carbocycles. The van der Waals surface area contributed by atoms with Gasteiger partial charge in [0, 0.05) is 12.3 Å². The first-order valence-corrected chi connectivity index (χ1v) is 3.36. The fourth-order valence-corrected chi connectivity index (χ4v) is 0.976. The lowest BCUT2D eigenvalue weighted by atomic mass is 9.90. The highest BCUT2D eigenvalue weighted by Crippen LogP contribution is 2.16. The van der Waals surface area contributed by atoms with E-state index < -0.39 is 0 Å². The van der Waals surface area contributed by atoms with Gasteiger partial charge in [-0.3, -0.25) is 9.59 Å². The first-order valence-electron chi connectivity index (χ1n) is 3.36. The summed E-state index contributed by atoms with van der Waals surface area (Å²) in [6, 6.07) is 0. The summed E-state index contributed by atoms with van der Waals surface area (Å²) in [4.78, 5) is 21.9. The van der Waals surface area contributed by atoms with Gasteiger partial charge in [0.15, 0.2) is 11.6 Å². The van der Waals surface area contributed by atoms with Gasteiger partial charge in [-0.1, -0.05) is 6.92 Å². The minimum absolute atomic E-state index is 0.0806. The maximum absolute atomic E-state index is 10.9. The van der Waals surface area contributed by atoms with E-state index in [1.54, 1.807) is 13.8 Å². The zero-order chi connectivity index (χ0) is 7.72. The molecule has 0 N–H and O–H groups in total. The van der Waals surface area contributed by atoms with Crippen LogP contribution in [0.25, 0.3) is 0 Å². The summed E-state index contributed by atoms with van der Waals surface area (Å²) in [5.74, 6) is 0.0837. The average Bonchev–Trinajstić information content (AvgIpc) is 1.84. The van der Waals surface area contributed by atoms with Crippen LogP contribution in [0.4, 0.5) is 0 Å². The standard InChI is InChI=1S/C8H10O2/c1-5-3-8(10)6(2)4-7(5)9/h3,6H,4H2,1-2H3. The van der Waals surface area contributed by atoms with Gasteiger partial charge in [-0.15, -0.1) is 0 Å². The van der Waals surface area contributed by atoms with E-state index in [2.05, 4.69) is 0 Å². The minimum atomic E-state index is -0.101. The number of hydrogen-bond donors (Lipinski definition) is 0. The Hall–Kier alpha value is -0.920. The van der Waals surface area contributed by atoms with E-state index in [0.29, 0.717) is 12.0 Å². The quantitative estimate of drug-likeness (QED) is 0.502. The normalized spacial score (nSPS) is 26.6. The van der Waals surface area contributed by atoms with Crippen molar-refractivity contribution in [2.45, 2.75) is 20.3 Å². The van der Waals surface area contributed by atoms with Gasteiger partial charge in [0.05, 0.1) is 0 Å². The molecule has 0 saturated carbocycles. The van der Waals surface area contributed by atoms with Crippen molar-refractivity contribution >= 4 is 11.6 Å². The zero-order valence-corrected chi connectivity index (χ0v) is 6.18. The molecule has 0 heterocycles. The van der Waals surface area contributed by atoms with Crippen molar-refractivity contribution < 1.29 is 9.59 Å². The molecule has 0 saturated heterocycles. The second-order valence-electron chi connectivity index (χ2n) is 2.76. The fourth-order valence-electron chi connectivity index (χ4n) is 0.976. The summed E-state index contributed by atoms with van der Waals surface area (Å²) in [5, 5.41) is 0. The van der Waals surface area contributed by atoms with E-state index in [0.717, 1.165) is 0 Å². The molecule has 0 amide bonds. The van der Waals surface area contributed by atoms with Gasteiger partial charge in [0.25, 0.3) is 0 Å². The molecular weight excluding hydrogens is 128 g/mol. The Morgan fingerprint density at radius 2 is 2.10 bits per heavy atom. The van der Waals surface area contributed by atoms with E-state index in [9.17, 15) is 9.59 Å². The summed E-state index contributed by atoms with van der Waals surface area (Å²) in [6.07, 6.45) is 1.83. The predicted octanol–water partition coefficient (Wildman–Crippen LogP) is 1.11. The van der Waals surface area contributed by atoms with Crippen molar-refractivity contribution in [3.63, 3.8) is 0 Å². The molecule has 0 aliphatic heterocycles. The highest BCUT2D eigenvalue weighted by Gasteiger charge is 2.21. The number of carbonyl (C=O) groups excluding carboxylic acids is 2. The first kappa shape index (κ1) is 7.19. The molecule has 0 aromatic heterocycles. The number of ketones is 2. The fraction of sp³-hybridized carbons (Fsp3) is 0.500. The lowest BCUT2D eigenvalue weighted by Crippen LogP contribution is -2.20. The van der Waals surface area contributed by atoms with Gasteiger partial charge in [-0.25, -0.2) is 0 Å². The van der Waals surface area contributed by atoms with E-state index in [1.807, 2.05) is 0 Å². The third kappa shape index (κ3) is 1.15. The van der Waals surface area contributed by atoms with Gasteiger partial charge >= 0.3 is 0 Å². The zero-order valence-electron chi connectivity index (χ0n) is 6.18. The van der Waals surface area contributed by atoms with Crippen molar-refractivity contribution in [2.75, 3.05) is 0 Å². The molecule has 0 aromatic rings. The monoisotopic (exact) mass is 138 g/mol. The van der Waals surface area contributed by atoms with Crippen molar-refractivity contribution in [3.05, 3.63) is 11.6 Å². The number of allylic oxidation sites excluding steroid dienone is 2. The lowest BCUT2D eigenvalue weighted by molar-refractivity contribution is -0.124. The second kappa shape index (κ2) is 2.37. The van der Waals surface area contributed by atoms with Crippen LogP contribution in [-0.2, 0) is 9.59 Å². The highest BCUT2D eigenvalue weighted by atomic mass is 16.1. The molecule has 2 heteroatoms. The molecule has 0 radical (unpaired) electrons. The van der Waals surface area contributed by atoms with Gasteiger partial charge < -0.3 is 0 Å². The Kier molecular flexibility index (Phi) is 1.70. The second-order valence-corrected chi connectivity index (χ2v) is 2.76. The molecule has 10 heavy (non-hydrogen) atoms. The SMILES string of the molecule is CC1=CC(=O)C(C)CC1=O.